The number of nitrogens with zero attached hydrogens (tertiary/aromatic N) is 3. The molecule has 8 nitrogen and oxygen atoms in total. The first-order valence-electron chi connectivity index (χ1n) is 8.31. The second-order valence-corrected chi connectivity index (χ2v) is 5.94. The molecule has 2 amide bonds. The molecule has 0 spiro atoms. The van der Waals surface area contributed by atoms with E-state index in [0.717, 1.165) is 4.68 Å². The van der Waals surface area contributed by atoms with E-state index < -0.39 is 23.3 Å². The molecule has 3 aromatic rings. The van der Waals surface area contributed by atoms with E-state index in [1.165, 1.54) is 22.6 Å². The normalized spacial score (nSPS) is 10.7. The van der Waals surface area contributed by atoms with Crippen molar-refractivity contribution in [3.8, 4) is 0 Å². The van der Waals surface area contributed by atoms with Crippen molar-refractivity contribution >= 4 is 17.5 Å². The van der Waals surface area contributed by atoms with Crippen molar-refractivity contribution in [1.82, 2.24) is 24.8 Å². The molecule has 0 saturated carbocycles. The molecule has 0 unspecified atom stereocenters. The highest BCUT2D eigenvalue weighted by Gasteiger charge is 2.11. The van der Waals surface area contributed by atoms with Gasteiger partial charge in [0.25, 0.3) is 5.91 Å². The quantitative estimate of drug-likeness (QED) is 0.616. The van der Waals surface area contributed by atoms with Crippen LogP contribution in [-0.4, -0.2) is 39.1 Å². The van der Waals surface area contributed by atoms with E-state index in [-0.39, 0.29) is 25.2 Å². The Morgan fingerprint density at radius 2 is 1.93 bits per heavy atom. The Morgan fingerprint density at radius 1 is 1.15 bits per heavy atom. The number of carbonyl (C=O) groups is 2. The number of fused-ring (bicyclic) bond motifs is 1. The van der Waals surface area contributed by atoms with Gasteiger partial charge in [-0.1, -0.05) is 12.1 Å². The van der Waals surface area contributed by atoms with Crippen molar-refractivity contribution in [2.45, 2.75) is 13.5 Å². The monoisotopic (exact) mass is 371 g/mol. The fourth-order valence-corrected chi connectivity index (χ4v) is 2.48. The first kappa shape index (κ1) is 18.3. The molecule has 1 aromatic carbocycles. The number of aryl methyl sites for hydroxylation is 1. The van der Waals surface area contributed by atoms with Gasteiger partial charge in [-0.15, -0.1) is 5.10 Å². The van der Waals surface area contributed by atoms with Crippen LogP contribution >= 0.6 is 0 Å². The van der Waals surface area contributed by atoms with Gasteiger partial charge in [-0.2, -0.15) is 0 Å². The topological polar surface area (TPSA) is 97.5 Å². The van der Waals surface area contributed by atoms with E-state index in [0.29, 0.717) is 11.2 Å². The average Bonchev–Trinajstić information content (AvgIpc) is 2.97. The molecular formula is C18H18FN5O3. The van der Waals surface area contributed by atoms with Gasteiger partial charge in [-0.3, -0.25) is 14.0 Å². The summed E-state index contributed by atoms with van der Waals surface area (Å²) in [6.07, 6.45) is 1.57. The van der Waals surface area contributed by atoms with Crippen LogP contribution in [0.5, 0.6) is 0 Å². The summed E-state index contributed by atoms with van der Waals surface area (Å²) in [7, 11) is 0. The second-order valence-electron chi connectivity index (χ2n) is 5.94. The molecule has 3 rings (SSSR count). The number of benzene rings is 1. The Kier molecular flexibility index (Phi) is 5.30. The lowest BCUT2D eigenvalue weighted by atomic mass is 10.1. The van der Waals surface area contributed by atoms with Gasteiger partial charge in [0.05, 0.1) is 0 Å². The zero-order valence-corrected chi connectivity index (χ0v) is 14.6. The highest BCUT2D eigenvalue weighted by molar-refractivity contribution is 5.94. The standard InChI is InChI=1S/C18H18FN5O3/c1-12-5-6-13(10-14(12)19)17(26)21-8-7-20-16(25)11-24-18(27)23-9-3-2-4-15(23)22-24/h2-6,9-10H,7-8,11H2,1H3,(H,20,25)(H,21,26). The van der Waals surface area contributed by atoms with Crippen molar-refractivity contribution in [3.05, 3.63) is 70.0 Å². The number of halogens is 1. The number of amides is 2. The van der Waals surface area contributed by atoms with Crippen LogP contribution in [0.3, 0.4) is 0 Å². The minimum atomic E-state index is -0.450. The van der Waals surface area contributed by atoms with Crippen molar-refractivity contribution < 1.29 is 14.0 Å². The Morgan fingerprint density at radius 3 is 2.67 bits per heavy atom. The molecule has 0 atom stereocenters. The lowest BCUT2D eigenvalue weighted by molar-refractivity contribution is -0.121. The minimum Gasteiger partial charge on any atom is -0.353 e. The van der Waals surface area contributed by atoms with Gasteiger partial charge in [0.1, 0.15) is 12.4 Å². The van der Waals surface area contributed by atoms with Crippen LogP contribution < -0.4 is 16.3 Å². The van der Waals surface area contributed by atoms with E-state index >= 15 is 0 Å². The smallest absolute Gasteiger partial charge is 0.350 e. The Balaban J connectivity index is 1.48. The summed E-state index contributed by atoms with van der Waals surface area (Å²) in [4.78, 5) is 36.0. The molecular weight excluding hydrogens is 353 g/mol. The predicted octanol–water partition coefficient (Wildman–Crippen LogP) is 0.490. The van der Waals surface area contributed by atoms with Crippen LogP contribution in [0.4, 0.5) is 4.39 Å². The predicted molar refractivity (Wildman–Crippen MR) is 95.9 cm³/mol. The fraction of sp³-hybridized carbons (Fsp3) is 0.222. The summed E-state index contributed by atoms with van der Waals surface area (Å²) in [5.74, 6) is -1.29. The van der Waals surface area contributed by atoms with Gasteiger partial charge in [-0.25, -0.2) is 13.9 Å². The lowest BCUT2D eigenvalue weighted by Crippen LogP contribution is -2.37. The van der Waals surface area contributed by atoms with Crippen molar-refractivity contribution in [2.24, 2.45) is 0 Å². The van der Waals surface area contributed by atoms with Crippen LogP contribution in [-0.2, 0) is 11.3 Å². The summed E-state index contributed by atoms with van der Waals surface area (Å²) < 4.78 is 15.9. The zero-order chi connectivity index (χ0) is 19.4. The molecule has 0 saturated heterocycles. The fourth-order valence-electron chi connectivity index (χ4n) is 2.48. The molecule has 2 aromatic heterocycles. The SMILES string of the molecule is Cc1ccc(C(=O)NCCNC(=O)Cn2nc3ccccn3c2=O)cc1F. The van der Waals surface area contributed by atoms with Crippen molar-refractivity contribution in [2.75, 3.05) is 13.1 Å². The first-order valence-corrected chi connectivity index (χ1v) is 8.31. The second kappa shape index (κ2) is 7.81. The van der Waals surface area contributed by atoms with Gasteiger partial charge in [-0.05, 0) is 36.8 Å². The lowest BCUT2D eigenvalue weighted by Gasteiger charge is -2.07. The van der Waals surface area contributed by atoms with Crippen molar-refractivity contribution in [1.29, 1.82) is 0 Å². The minimum absolute atomic E-state index is 0.167. The average molecular weight is 371 g/mol. The molecule has 0 aliphatic rings. The molecule has 0 fully saturated rings. The number of carbonyl (C=O) groups excluding carboxylic acids is 2. The summed E-state index contributed by atoms with van der Waals surface area (Å²) in [6, 6.07) is 9.33. The molecule has 0 bridgehead atoms. The van der Waals surface area contributed by atoms with E-state index in [1.54, 1.807) is 31.3 Å². The molecule has 27 heavy (non-hydrogen) atoms. The zero-order valence-electron chi connectivity index (χ0n) is 14.6. The molecule has 140 valence electrons. The maximum atomic E-state index is 13.5. The highest BCUT2D eigenvalue weighted by Crippen LogP contribution is 2.08. The number of aromatic nitrogens is 3. The maximum absolute atomic E-state index is 13.5. The largest absolute Gasteiger partial charge is 0.353 e. The first-order chi connectivity index (χ1) is 13.0. The highest BCUT2D eigenvalue weighted by atomic mass is 19.1. The number of hydrogen-bond acceptors (Lipinski definition) is 4. The van der Waals surface area contributed by atoms with Crippen LogP contribution in [0.1, 0.15) is 15.9 Å². The number of hydrogen-bond donors (Lipinski definition) is 2. The van der Waals surface area contributed by atoms with Gasteiger partial charge in [0.2, 0.25) is 5.91 Å². The molecule has 0 radical (unpaired) electrons. The number of pyridine rings is 1. The van der Waals surface area contributed by atoms with Crippen LogP contribution in [0, 0.1) is 12.7 Å². The third kappa shape index (κ3) is 4.20. The third-order valence-corrected chi connectivity index (χ3v) is 3.95. The van der Waals surface area contributed by atoms with Gasteiger partial charge in [0.15, 0.2) is 5.65 Å². The Hall–Kier alpha value is -3.49. The van der Waals surface area contributed by atoms with Gasteiger partial charge in [0, 0.05) is 24.8 Å². The molecule has 2 N–H and O–H groups in total. The number of nitrogens with one attached hydrogen (secondary N) is 2. The molecule has 0 aliphatic carbocycles. The number of rotatable bonds is 6. The van der Waals surface area contributed by atoms with E-state index in [9.17, 15) is 18.8 Å². The molecule has 9 heteroatoms. The molecule has 2 heterocycles. The molecule has 0 aliphatic heterocycles. The van der Waals surface area contributed by atoms with E-state index in [1.807, 2.05) is 0 Å². The summed E-state index contributed by atoms with van der Waals surface area (Å²) in [6.45, 7) is 1.72. The summed E-state index contributed by atoms with van der Waals surface area (Å²) >= 11 is 0. The summed E-state index contributed by atoms with van der Waals surface area (Å²) in [5, 5.41) is 9.25. The van der Waals surface area contributed by atoms with Gasteiger partial charge >= 0.3 is 5.69 Å². The van der Waals surface area contributed by atoms with Crippen LogP contribution in [0.15, 0.2) is 47.4 Å². The van der Waals surface area contributed by atoms with Crippen molar-refractivity contribution in [3.63, 3.8) is 0 Å². The Labute approximate surface area is 153 Å². The summed E-state index contributed by atoms with van der Waals surface area (Å²) in [5.41, 5.74) is 0.713. The van der Waals surface area contributed by atoms with E-state index in [4.69, 9.17) is 0 Å². The maximum Gasteiger partial charge on any atom is 0.350 e. The van der Waals surface area contributed by atoms with Crippen LogP contribution in [0.25, 0.3) is 5.65 Å². The Bertz CT molecular complexity index is 1060. The van der Waals surface area contributed by atoms with Gasteiger partial charge < -0.3 is 10.6 Å². The third-order valence-electron chi connectivity index (χ3n) is 3.95. The van der Waals surface area contributed by atoms with E-state index in [2.05, 4.69) is 15.7 Å². The van der Waals surface area contributed by atoms with Crippen LogP contribution in [0.2, 0.25) is 0 Å².